The number of aromatic nitrogens is 2. The Morgan fingerprint density at radius 2 is 1.88 bits per heavy atom. The van der Waals surface area contributed by atoms with Gasteiger partial charge in [-0.3, -0.25) is 4.79 Å². The maximum atomic E-state index is 14.7. The van der Waals surface area contributed by atoms with Crippen molar-refractivity contribution in [3.05, 3.63) is 65.2 Å². The summed E-state index contributed by atoms with van der Waals surface area (Å²) in [6, 6.07) is 10.1. The molecule has 2 aromatic carbocycles. The van der Waals surface area contributed by atoms with Gasteiger partial charge in [0, 0.05) is 5.56 Å². The quantitative estimate of drug-likeness (QED) is 0.452. The molecule has 0 spiro atoms. The van der Waals surface area contributed by atoms with Gasteiger partial charge in [-0.15, -0.1) is 0 Å². The fourth-order valence-corrected chi connectivity index (χ4v) is 3.58. The molecule has 0 radical (unpaired) electrons. The van der Waals surface area contributed by atoms with E-state index in [0.717, 1.165) is 0 Å². The van der Waals surface area contributed by atoms with E-state index in [1.807, 2.05) is 0 Å². The van der Waals surface area contributed by atoms with Crippen molar-refractivity contribution in [2.24, 2.45) is 0 Å². The monoisotopic (exact) mass is 455 g/mol. The van der Waals surface area contributed by atoms with Gasteiger partial charge >= 0.3 is 0 Å². The van der Waals surface area contributed by atoms with Gasteiger partial charge in [-0.25, -0.2) is 13.8 Å². The van der Waals surface area contributed by atoms with E-state index in [9.17, 15) is 23.8 Å². The fourth-order valence-electron chi connectivity index (χ4n) is 3.58. The number of rotatable bonds is 6. The zero-order chi connectivity index (χ0) is 23.8. The van der Waals surface area contributed by atoms with Crippen molar-refractivity contribution < 1.29 is 23.8 Å². The van der Waals surface area contributed by atoms with Gasteiger partial charge in [0.05, 0.1) is 36.8 Å². The van der Waals surface area contributed by atoms with E-state index in [1.165, 1.54) is 29.2 Å². The number of fused-ring (bicyclic) bond motifs is 1. The van der Waals surface area contributed by atoms with E-state index >= 15 is 0 Å². The van der Waals surface area contributed by atoms with Gasteiger partial charge in [0.25, 0.3) is 5.91 Å². The highest BCUT2D eigenvalue weighted by Gasteiger charge is 2.33. The third kappa shape index (κ3) is 4.22. The lowest BCUT2D eigenvalue weighted by atomic mass is 9.99. The summed E-state index contributed by atoms with van der Waals surface area (Å²) in [5.74, 6) is -1.27. The summed E-state index contributed by atoms with van der Waals surface area (Å²) < 4.78 is 28.4. The highest BCUT2D eigenvalue weighted by molar-refractivity contribution is 6.07. The molecule has 4 N–H and O–H groups in total. The number of aliphatic hydroxyl groups is 2. The summed E-state index contributed by atoms with van der Waals surface area (Å²) in [6.07, 6.45) is 0. The van der Waals surface area contributed by atoms with Crippen LogP contribution in [0.3, 0.4) is 0 Å². The zero-order valence-electron chi connectivity index (χ0n) is 18.1. The van der Waals surface area contributed by atoms with E-state index in [-0.39, 0.29) is 35.4 Å². The third-order valence-electron chi connectivity index (χ3n) is 5.47. The minimum Gasteiger partial charge on any atom is -0.394 e. The molecule has 0 bridgehead atoms. The maximum Gasteiger partial charge on any atom is 0.258 e. The summed E-state index contributed by atoms with van der Waals surface area (Å²) in [5, 5.41) is 25.0. The average Bonchev–Trinajstić information content (AvgIpc) is 2.79. The predicted molar refractivity (Wildman–Crippen MR) is 119 cm³/mol. The minimum atomic E-state index is -1.16. The van der Waals surface area contributed by atoms with Gasteiger partial charge < -0.3 is 25.7 Å². The van der Waals surface area contributed by atoms with Crippen molar-refractivity contribution in [2.45, 2.75) is 19.4 Å². The van der Waals surface area contributed by atoms with Gasteiger partial charge in [0.2, 0.25) is 5.95 Å². The van der Waals surface area contributed by atoms with E-state index in [2.05, 4.69) is 20.6 Å². The number of nitrogens with zero attached hydrogens (tertiary/aromatic N) is 3. The molecule has 8 nitrogen and oxygen atoms in total. The van der Waals surface area contributed by atoms with Crippen LogP contribution in [0.1, 0.15) is 22.8 Å². The predicted octanol–water partition coefficient (Wildman–Crippen LogP) is 2.72. The second kappa shape index (κ2) is 8.72. The summed E-state index contributed by atoms with van der Waals surface area (Å²) in [5.41, 5.74) is 0.347. The lowest BCUT2D eigenvalue weighted by Crippen LogP contribution is -2.45. The van der Waals surface area contributed by atoms with Gasteiger partial charge in [-0.05, 0) is 49.7 Å². The Hall–Kier alpha value is -3.63. The number of halogens is 2. The van der Waals surface area contributed by atoms with E-state index < -0.39 is 36.3 Å². The summed E-state index contributed by atoms with van der Waals surface area (Å²) in [4.78, 5) is 23.4. The molecule has 0 atom stereocenters. The summed E-state index contributed by atoms with van der Waals surface area (Å²) >= 11 is 0. The summed E-state index contributed by atoms with van der Waals surface area (Å²) in [7, 11) is 0. The number of aryl methyl sites for hydroxylation is 1. The SMILES string of the molecule is Cc1cc(F)ccc1-c1nc(NC(C)(CO)CO)nc2c1C(=O)NCN2c1ccccc1F. The second-order valence-electron chi connectivity index (χ2n) is 8.10. The van der Waals surface area contributed by atoms with Crippen molar-refractivity contribution >= 4 is 23.4 Å². The number of anilines is 3. The Balaban J connectivity index is 1.98. The van der Waals surface area contributed by atoms with Crippen LogP contribution in [0.15, 0.2) is 42.5 Å². The Bertz CT molecular complexity index is 1220. The zero-order valence-corrected chi connectivity index (χ0v) is 18.1. The molecule has 0 unspecified atom stereocenters. The first kappa shape index (κ1) is 22.6. The Kier molecular flexibility index (Phi) is 5.96. The standard InChI is InChI=1S/C23H23F2N5O3/c1-13-9-14(24)7-8-15(13)19-18-20(28-22(27-19)29-23(2,10-31)11-32)30(12-26-21(18)33)17-6-4-3-5-16(17)25/h3-9,31-32H,10-12H2,1-2H3,(H,26,33)(H,27,28,29). The Labute approximate surface area is 188 Å². The van der Waals surface area contributed by atoms with Crippen LogP contribution >= 0.6 is 0 Å². The number of benzene rings is 2. The van der Waals surface area contributed by atoms with Crippen LogP contribution in [0.25, 0.3) is 11.3 Å². The molecule has 1 aliphatic rings. The molecule has 172 valence electrons. The third-order valence-corrected chi connectivity index (χ3v) is 5.47. The number of nitrogens with one attached hydrogen (secondary N) is 2. The first-order chi connectivity index (χ1) is 15.8. The van der Waals surface area contributed by atoms with E-state index in [4.69, 9.17) is 0 Å². The molecule has 2 heterocycles. The molecular weight excluding hydrogens is 432 g/mol. The van der Waals surface area contributed by atoms with Crippen LogP contribution in [0.4, 0.5) is 26.2 Å². The van der Waals surface area contributed by atoms with Crippen LogP contribution in [-0.2, 0) is 0 Å². The molecule has 4 rings (SSSR count). The molecular formula is C23H23F2N5O3. The lowest BCUT2D eigenvalue weighted by molar-refractivity contribution is 0.0949. The van der Waals surface area contributed by atoms with Gasteiger partial charge in [-0.2, -0.15) is 4.98 Å². The van der Waals surface area contributed by atoms with Crippen LogP contribution in [-0.4, -0.2) is 51.5 Å². The number of carbonyl (C=O) groups is 1. The van der Waals surface area contributed by atoms with Crippen LogP contribution < -0.4 is 15.5 Å². The molecule has 0 fully saturated rings. The Morgan fingerprint density at radius 3 is 2.55 bits per heavy atom. The number of carbonyl (C=O) groups excluding carboxylic acids is 1. The Morgan fingerprint density at radius 1 is 1.15 bits per heavy atom. The number of aliphatic hydroxyl groups excluding tert-OH is 2. The smallest absolute Gasteiger partial charge is 0.258 e. The number of amides is 1. The van der Waals surface area contributed by atoms with Crippen molar-refractivity contribution in [1.29, 1.82) is 0 Å². The second-order valence-corrected chi connectivity index (χ2v) is 8.10. The molecule has 1 amide bonds. The van der Waals surface area contributed by atoms with Crippen molar-refractivity contribution in [2.75, 3.05) is 30.1 Å². The molecule has 0 saturated carbocycles. The molecule has 10 heteroatoms. The van der Waals surface area contributed by atoms with Crippen LogP contribution in [0.5, 0.6) is 0 Å². The first-order valence-corrected chi connectivity index (χ1v) is 10.2. The lowest BCUT2D eigenvalue weighted by Gasteiger charge is -2.33. The molecule has 3 aromatic rings. The first-order valence-electron chi connectivity index (χ1n) is 10.2. The van der Waals surface area contributed by atoms with Crippen LogP contribution in [0.2, 0.25) is 0 Å². The number of hydrogen-bond acceptors (Lipinski definition) is 7. The number of hydrogen-bond donors (Lipinski definition) is 4. The fraction of sp³-hybridized carbons (Fsp3) is 0.261. The van der Waals surface area contributed by atoms with Crippen molar-refractivity contribution in [3.8, 4) is 11.3 Å². The molecule has 33 heavy (non-hydrogen) atoms. The topological polar surface area (TPSA) is 111 Å². The number of para-hydroxylation sites is 1. The molecule has 1 aromatic heterocycles. The van der Waals surface area contributed by atoms with Gasteiger partial charge in [0.1, 0.15) is 17.2 Å². The highest BCUT2D eigenvalue weighted by atomic mass is 19.1. The molecule has 1 aliphatic heterocycles. The van der Waals surface area contributed by atoms with Crippen molar-refractivity contribution in [1.82, 2.24) is 15.3 Å². The van der Waals surface area contributed by atoms with Gasteiger partial charge in [0.15, 0.2) is 5.82 Å². The van der Waals surface area contributed by atoms with E-state index in [0.29, 0.717) is 11.1 Å². The maximum absolute atomic E-state index is 14.7. The van der Waals surface area contributed by atoms with Gasteiger partial charge in [-0.1, -0.05) is 12.1 Å². The van der Waals surface area contributed by atoms with Crippen LogP contribution in [0, 0.1) is 18.6 Å². The molecule has 0 saturated heterocycles. The average molecular weight is 455 g/mol. The minimum absolute atomic E-state index is 0.00844. The summed E-state index contributed by atoms with van der Waals surface area (Å²) in [6.45, 7) is 2.36. The highest BCUT2D eigenvalue weighted by Crippen LogP contribution is 2.37. The molecule has 0 aliphatic carbocycles. The normalized spacial score (nSPS) is 13.5. The van der Waals surface area contributed by atoms with E-state index in [1.54, 1.807) is 32.0 Å². The largest absolute Gasteiger partial charge is 0.394 e. The van der Waals surface area contributed by atoms with Crippen molar-refractivity contribution in [3.63, 3.8) is 0 Å².